The van der Waals surface area contributed by atoms with Crippen LogP contribution in [0.1, 0.15) is 26.2 Å². The van der Waals surface area contributed by atoms with Gasteiger partial charge in [-0.1, -0.05) is 44.1 Å². The van der Waals surface area contributed by atoms with E-state index in [1.54, 1.807) is 18.2 Å². The van der Waals surface area contributed by atoms with Crippen molar-refractivity contribution in [3.05, 3.63) is 42.2 Å². The van der Waals surface area contributed by atoms with Gasteiger partial charge >= 0.3 is 0 Å². The molecule has 0 bridgehead atoms. The van der Waals surface area contributed by atoms with Gasteiger partial charge in [0.1, 0.15) is 6.61 Å². The second-order valence-electron chi connectivity index (χ2n) is 3.36. The third-order valence-corrected chi connectivity index (χ3v) is 2.06. The summed E-state index contributed by atoms with van der Waals surface area (Å²) < 4.78 is 18.3. The molecule has 0 unspecified atom stereocenters. The van der Waals surface area contributed by atoms with E-state index in [9.17, 15) is 4.39 Å². The van der Waals surface area contributed by atoms with Gasteiger partial charge < -0.3 is 4.74 Å². The quantitative estimate of drug-likeness (QED) is 0.508. The van der Waals surface area contributed by atoms with E-state index in [1.807, 2.05) is 6.08 Å². The van der Waals surface area contributed by atoms with Crippen LogP contribution < -0.4 is 4.74 Å². The van der Waals surface area contributed by atoms with Gasteiger partial charge in [-0.05, 0) is 18.6 Å². The Kier molecular flexibility index (Phi) is 5.52. The first-order valence-electron chi connectivity index (χ1n) is 5.37. The Hall–Kier alpha value is -1.31. The zero-order chi connectivity index (χ0) is 10.9. The van der Waals surface area contributed by atoms with Crippen LogP contribution in [0.25, 0.3) is 0 Å². The van der Waals surface area contributed by atoms with Gasteiger partial charge in [-0.3, -0.25) is 0 Å². The highest BCUT2D eigenvalue weighted by Crippen LogP contribution is 2.14. The van der Waals surface area contributed by atoms with E-state index in [-0.39, 0.29) is 5.82 Å². The Bertz CT molecular complexity index is 307. The molecule has 0 aliphatic rings. The molecule has 0 heterocycles. The number of hydrogen-bond donors (Lipinski definition) is 0. The van der Waals surface area contributed by atoms with Crippen LogP contribution in [0.15, 0.2) is 36.4 Å². The second kappa shape index (κ2) is 7.04. The van der Waals surface area contributed by atoms with Gasteiger partial charge in [0.2, 0.25) is 0 Å². The molecular weight excluding hydrogens is 191 g/mol. The van der Waals surface area contributed by atoms with Crippen molar-refractivity contribution >= 4 is 0 Å². The lowest BCUT2D eigenvalue weighted by molar-refractivity contribution is 0.341. The molecule has 0 aliphatic carbocycles. The molecule has 0 atom stereocenters. The highest BCUT2D eigenvalue weighted by atomic mass is 19.1. The number of unbranched alkanes of at least 4 members (excludes halogenated alkanes) is 2. The highest BCUT2D eigenvalue weighted by molar-refractivity contribution is 5.23. The minimum atomic E-state index is -0.306. The molecular formula is C13H17FO. The molecule has 1 rings (SSSR count). The second-order valence-corrected chi connectivity index (χ2v) is 3.36. The minimum absolute atomic E-state index is 0.306. The molecule has 0 saturated heterocycles. The van der Waals surface area contributed by atoms with E-state index in [2.05, 4.69) is 13.0 Å². The maximum atomic E-state index is 13.1. The summed E-state index contributed by atoms with van der Waals surface area (Å²) in [6.45, 7) is 2.59. The molecule has 2 heteroatoms. The molecule has 0 aromatic heterocycles. The fourth-order valence-corrected chi connectivity index (χ4v) is 1.21. The van der Waals surface area contributed by atoms with Gasteiger partial charge in [-0.2, -0.15) is 0 Å². The van der Waals surface area contributed by atoms with E-state index in [4.69, 9.17) is 4.74 Å². The molecule has 0 N–H and O–H groups in total. The number of benzene rings is 1. The van der Waals surface area contributed by atoms with Crippen molar-refractivity contribution < 1.29 is 9.13 Å². The molecule has 0 saturated carbocycles. The summed E-state index contributed by atoms with van der Waals surface area (Å²) in [4.78, 5) is 0. The minimum Gasteiger partial charge on any atom is -0.486 e. The van der Waals surface area contributed by atoms with Crippen molar-refractivity contribution in [2.24, 2.45) is 0 Å². The van der Waals surface area contributed by atoms with Gasteiger partial charge in [-0.25, -0.2) is 4.39 Å². The van der Waals surface area contributed by atoms with Crippen molar-refractivity contribution in [1.82, 2.24) is 0 Å². The Morgan fingerprint density at radius 2 is 2.07 bits per heavy atom. The lowest BCUT2D eigenvalue weighted by Gasteiger charge is -2.03. The van der Waals surface area contributed by atoms with Crippen molar-refractivity contribution in [3.8, 4) is 5.75 Å². The SMILES string of the molecule is CCCCC=CCOc1ccccc1F. The molecule has 15 heavy (non-hydrogen) atoms. The summed E-state index contributed by atoms with van der Waals surface area (Å²) >= 11 is 0. The van der Waals surface area contributed by atoms with Crippen LogP contribution in [0.4, 0.5) is 4.39 Å². The predicted octanol–water partition coefficient (Wildman–Crippen LogP) is 3.95. The Balaban J connectivity index is 2.26. The van der Waals surface area contributed by atoms with Gasteiger partial charge in [0, 0.05) is 0 Å². The third-order valence-electron chi connectivity index (χ3n) is 2.06. The zero-order valence-corrected chi connectivity index (χ0v) is 9.08. The molecule has 82 valence electrons. The molecule has 1 aromatic carbocycles. The average Bonchev–Trinajstić information content (AvgIpc) is 2.25. The number of para-hydroxylation sites is 1. The molecule has 1 nitrogen and oxygen atoms in total. The number of allylic oxidation sites excluding steroid dienone is 1. The summed E-state index contributed by atoms with van der Waals surface area (Å²) in [5.41, 5.74) is 0. The van der Waals surface area contributed by atoms with E-state index >= 15 is 0 Å². The van der Waals surface area contributed by atoms with Crippen LogP contribution in [-0.4, -0.2) is 6.61 Å². The first kappa shape index (κ1) is 11.8. The third kappa shape index (κ3) is 4.63. The van der Waals surface area contributed by atoms with Crippen LogP contribution in [0.2, 0.25) is 0 Å². The fraction of sp³-hybridized carbons (Fsp3) is 0.385. The van der Waals surface area contributed by atoms with Crippen molar-refractivity contribution in [2.45, 2.75) is 26.2 Å². The summed E-state index contributed by atoms with van der Waals surface area (Å²) in [5.74, 6) is 0.0112. The maximum absolute atomic E-state index is 13.1. The van der Waals surface area contributed by atoms with E-state index < -0.39 is 0 Å². The monoisotopic (exact) mass is 208 g/mol. The van der Waals surface area contributed by atoms with Gasteiger partial charge in [0.05, 0.1) is 0 Å². The molecule has 0 amide bonds. The van der Waals surface area contributed by atoms with E-state index in [0.29, 0.717) is 12.4 Å². The smallest absolute Gasteiger partial charge is 0.165 e. The lowest BCUT2D eigenvalue weighted by atomic mass is 10.2. The normalized spacial score (nSPS) is 10.8. The Morgan fingerprint density at radius 1 is 1.27 bits per heavy atom. The summed E-state index contributed by atoms with van der Waals surface area (Å²) in [6.07, 6.45) is 7.46. The molecule has 0 spiro atoms. The Morgan fingerprint density at radius 3 is 2.80 bits per heavy atom. The molecule has 1 aromatic rings. The van der Waals surface area contributed by atoms with Crippen LogP contribution in [0.3, 0.4) is 0 Å². The Labute approximate surface area is 90.6 Å². The first-order valence-corrected chi connectivity index (χ1v) is 5.37. The predicted molar refractivity (Wildman–Crippen MR) is 60.6 cm³/mol. The lowest BCUT2D eigenvalue weighted by Crippen LogP contribution is -1.95. The number of hydrogen-bond acceptors (Lipinski definition) is 1. The zero-order valence-electron chi connectivity index (χ0n) is 9.08. The van der Waals surface area contributed by atoms with Gasteiger partial charge in [-0.15, -0.1) is 0 Å². The number of halogens is 1. The first-order chi connectivity index (χ1) is 7.34. The van der Waals surface area contributed by atoms with Crippen molar-refractivity contribution in [1.29, 1.82) is 0 Å². The van der Waals surface area contributed by atoms with Crippen LogP contribution >= 0.6 is 0 Å². The highest BCUT2D eigenvalue weighted by Gasteiger charge is 1.98. The standard InChI is InChI=1S/C13H17FO/c1-2-3-4-5-8-11-15-13-10-7-6-9-12(13)14/h5-10H,2-4,11H2,1H3. The van der Waals surface area contributed by atoms with Crippen LogP contribution in [0.5, 0.6) is 5.75 Å². The van der Waals surface area contributed by atoms with Gasteiger partial charge in [0.25, 0.3) is 0 Å². The summed E-state index contributed by atoms with van der Waals surface area (Å²) in [5, 5.41) is 0. The number of rotatable bonds is 6. The topological polar surface area (TPSA) is 9.23 Å². The summed E-state index contributed by atoms with van der Waals surface area (Å²) in [6, 6.07) is 6.45. The fourth-order valence-electron chi connectivity index (χ4n) is 1.21. The largest absolute Gasteiger partial charge is 0.486 e. The molecule has 0 fully saturated rings. The van der Waals surface area contributed by atoms with Gasteiger partial charge in [0.15, 0.2) is 11.6 Å². The number of ether oxygens (including phenoxy) is 1. The van der Waals surface area contributed by atoms with E-state index in [1.165, 1.54) is 18.9 Å². The maximum Gasteiger partial charge on any atom is 0.165 e. The van der Waals surface area contributed by atoms with E-state index in [0.717, 1.165) is 6.42 Å². The summed E-state index contributed by atoms with van der Waals surface area (Å²) in [7, 11) is 0. The molecule has 0 aliphatic heterocycles. The van der Waals surface area contributed by atoms with Crippen LogP contribution in [-0.2, 0) is 0 Å². The molecule has 0 radical (unpaired) electrons. The average molecular weight is 208 g/mol. The van der Waals surface area contributed by atoms with Crippen molar-refractivity contribution in [3.63, 3.8) is 0 Å². The van der Waals surface area contributed by atoms with Crippen LogP contribution in [0, 0.1) is 5.82 Å². The van der Waals surface area contributed by atoms with Crippen molar-refractivity contribution in [2.75, 3.05) is 6.61 Å².